The van der Waals surface area contributed by atoms with Crippen molar-refractivity contribution in [3.05, 3.63) is 35.4 Å². The van der Waals surface area contributed by atoms with Crippen LogP contribution >= 0.6 is 0 Å². The maximum Gasteiger partial charge on any atom is 0.162 e. The number of nitrogens with zero attached hydrogens (tertiary/aromatic N) is 1. The van der Waals surface area contributed by atoms with E-state index in [9.17, 15) is 9.90 Å². The first-order valence-corrected chi connectivity index (χ1v) is 9.98. The fraction of sp³-hybridized carbons (Fsp3) is 0.682. The Labute approximate surface area is 157 Å². The first-order chi connectivity index (χ1) is 12.4. The summed E-state index contributed by atoms with van der Waals surface area (Å²) in [7, 11) is 0. The number of carbonyl (C=O) groups is 1. The van der Waals surface area contributed by atoms with Crippen molar-refractivity contribution in [2.24, 2.45) is 5.92 Å². The lowest BCUT2D eigenvalue weighted by atomic mass is 9.86. The molecular weight excluding hydrogens is 326 g/mol. The van der Waals surface area contributed by atoms with Crippen molar-refractivity contribution in [1.82, 2.24) is 4.90 Å². The van der Waals surface area contributed by atoms with Crippen LogP contribution in [0.2, 0.25) is 0 Å². The van der Waals surface area contributed by atoms with Crippen molar-refractivity contribution in [3.8, 4) is 0 Å². The average molecular weight is 360 g/mol. The predicted octanol–water partition coefficient (Wildman–Crippen LogP) is 3.42. The summed E-state index contributed by atoms with van der Waals surface area (Å²) in [4.78, 5) is 15.0. The van der Waals surface area contributed by atoms with Gasteiger partial charge in [-0.1, -0.05) is 45.0 Å². The molecular formula is C22H33NO3. The van der Waals surface area contributed by atoms with Gasteiger partial charge in [0.15, 0.2) is 5.78 Å². The number of aliphatic hydroxyl groups is 1. The van der Waals surface area contributed by atoms with E-state index < -0.39 is 0 Å². The first-order valence-electron chi connectivity index (χ1n) is 9.98. The Morgan fingerprint density at radius 2 is 1.96 bits per heavy atom. The van der Waals surface area contributed by atoms with E-state index in [1.165, 1.54) is 5.56 Å². The number of fused-ring (bicyclic) bond motifs is 1. The van der Waals surface area contributed by atoms with Crippen molar-refractivity contribution in [2.45, 2.75) is 64.0 Å². The van der Waals surface area contributed by atoms with E-state index in [0.717, 1.165) is 44.5 Å². The minimum absolute atomic E-state index is 0.113. The number of morpholine rings is 1. The summed E-state index contributed by atoms with van der Waals surface area (Å²) in [5, 5.41) is 9.43. The fourth-order valence-corrected chi connectivity index (χ4v) is 4.30. The molecule has 1 saturated carbocycles. The molecule has 1 aromatic carbocycles. The third-order valence-electron chi connectivity index (χ3n) is 5.93. The second kappa shape index (κ2) is 8.20. The molecule has 0 radical (unpaired) electrons. The van der Waals surface area contributed by atoms with Crippen LogP contribution in [-0.4, -0.2) is 54.2 Å². The van der Waals surface area contributed by atoms with Gasteiger partial charge < -0.3 is 9.84 Å². The second-order valence-corrected chi connectivity index (χ2v) is 8.89. The summed E-state index contributed by atoms with van der Waals surface area (Å²) in [6, 6.07) is 8.51. The SMILES string of the molecule is CC(C)(C)c1ccc(C(=O)CCCN2CCO[C@H]3C[C@H](CO)C[C@@H]32)cc1. The molecule has 1 N–H and O–H groups in total. The Kier molecular flexibility index (Phi) is 6.16. The van der Waals surface area contributed by atoms with E-state index in [1.807, 2.05) is 12.1 Å². The zero-order valence-corrected chi connectivity index (χ0v) is 16.4. The maximum atomic E-state index is 12.5. The zero-order chi connectivity index (χ0) is 18.7. The van der Waals surface area contributed by atoms with Crippen LogP contribution in [0.15, 0.2) is 24.3 Å². The smallest absolute Gasteiger partial charge is 0.162 e. The lowest BCUT2D eigenvalue weighted by Gasteiger charge is -2.37. The van der Waals surface area contributed by atoms with Crippen LogP contribution in [0.25, 0.3) is 0 Å². The molecule has 0 spiro atoms. The van der Waals surface area contributed by atoms with Crippen LogP contribution in [-0.2, 0) is 10.2 Å². The van der Waals surface area contributed by atoms with E-state index in [4.69, 9.17) is 4.74 Å². The number of ether oxygens (including phenoxy) is 1. The molecule has 26 heavy (non-hydrogen) atoms. The molecule has 0 unspecified atom stereocenters. The Morgan fingerprint density at radius 1 is 1.23 bits per heavy atom. The molecule has 0 bridgehead atoms. The highest BCUT2D eigenvalue weighted by atomic mass is 16.5. The summed E-state index contributed by atoms with van der Waals surface area (Å²) in [5.74, 6) is 0.600. The van der Waals surface area contributed by atoms with Gasteiger partial charge >= 0.3 is 0 Å². The molecule has 144 valence electrons. The van der Waals surface area contributed by atoms with Gasteiger partial charge in [-0.2, -0.15) is 0 Å². The molecule has 4 heteroatoms. The third-order valence-corrected chi connectivity index (χ3v) is 5.93. The average Bonchev–Trinajstić information content (AvgIpc) is 3.05. The Bertz CT molecular complexity index is 605. The number of ketones is 1. The molecule has 1 aliphatic carbocycles. The zero-order valence-electron chi connectivity index (χ0n) is 16.4. The van der Waals surface area contributed by atoms with Crippen LogP contribution in [0.3, 0.4) is 0 Å². The monoisotopic (exact) mass is 359 g/mol. The van der Waals surface area contributed by atoms with E-state index >= 15 is 0 Å². The number of hydrogen-bond acceptors (Lipinski definition) is 4. The second-order valence-electron chi connectivity index (χ2n) is 8.89. The molecule has 1 aliphatic heterocycles. The summed E-state index contributed by atoms with van der Waals surface area (Å²) >= 11 is 0. The van der Waals surface area contributed by atoms with Crippen LogP contribution in [0.1, 0.15) is 62.4 Å². The van der Waals surface area contributed by atoms with Crippen molar-refractivity contribution in [1.29, 1.82) is 0 Å². The number of carbonyl (C=O) groups excluding carboxylic acids is 1. The van der Waals surface area contributed by atoms with Gasteiger partial charge in [0.05, 0.1) is 12.7 Å². The quantitative estimate of drug-likeness (QED) is 0.791. The minimum Gasteiger partial charge on any atom is -0.396 e. The molecule has 2 aliphatic rings. The van der Waals surface area contributed by atoms with Gasteiger partial charge in [-0.25, -0.2) is 0 Å². The van der Waals surface area contributed by atoms with E-state index in [-0.39, 0.29) is 23.9 Å². The highest BCUT2D eigenvalue weighted by Crippen LogP contribution is 2.34. The van der Waals surface area contributed by atoms with Crippen LogP contribution < -0.4 is 0 Å². The molecule has 1 heterocycles. The highest BCUT2D eigenvalue weighted by Gasteiger charge is 2.40. The van der Waals surface area contributed by atoms with E-state index in [2.05, 4.69) is 37.8 Å². The molecule has 1 aromatic rings. The maximum absolute atomic E-state index is 12.5. The van der Waals surface area contributed by atoms with E-state index in [0.29, 0.717) is 18.4 Å². The van der Waals surface area contributed by atoms with Crippen LogP contribution in [0.4, 0.5) is 0 Å². The number of benzene rings is 1. The van der Waals surface area contributed by atoms with Gasteiger partial charge in [0, 0.05) is 31.2 Å². The van der Waals surface area contributed by atoms with Gasteiger partial charge in [0.25, 0.3) is 0 Å². The Morgan fingerprint density at radius 3 is 2.62 bits per heavy atom. The minimum atomic E-state index is 0.113. The van der Waals surface area contributed by atoms with Crippen molar-refractivity contribution in [2.75, 3.05) is 26.3 Å². The number of aliphatic hydroxyl groups excluding tert-OH is 1. The predicted molar refractivity (Wildman–Crippen MR) is 104 cm³/mol. The van der Waals surface area contributed by atoms with Crippen LogP contribution in [0.5, 0.6) is 0 Å². The van der Waals surface area contributed by atoms with Gasteiger partial charge in [-0.3, -0.25) is 9.69 Å². The topological polar surface area (TPSA) is 49.8 Å². The number of rotatable bonds is 6. The molecule has 1 saturated heterocycles. The molecule has 0 amide bonds. The lowest BCUT2D eigenvalue weighted by Crippen LogP contribution is -2.48. The van der Waals surface area contributed by atoms with Crippen molar-refractivity contribution >= 4 is 5.78 Å². The van der Waals surface area contributed by atoms with Gasteiger partial charge in [-0.15, -0.1) is 0 Å². The van der Waals surface area contributed by atoms with Crippen molar-refractivity contribution < 1.29 is 14.6 Å². The largest absolute Gasteiger partial charge is 0.396 e. The summed E-state index contributed by atoms with van der Waals surface area (Å²) < 4.78 is 5.88. The van der Waals surface area contributed by atoms with Gasteiger partial charge in [0.2, 0.25) is 0 Å². The number of hydrogen-bond donors (Lipinski definition) is 1. The number of Topliss-reactive ketones (excluding diaryl/α,β-unsaturated/α-hetero) is 1. The Balaban J connectivity index is 1.49. The molecule has 3 atom stereocenters. The van der Waals surface area contributed by atoms with Gasteiger partial charge in [-0.05, 0) is 42.7 Å². The Hall–Kier alpha value is -1.23. The lowest BCUT2D eigenvalue weighted by molar-refractivity contribution is -0.0559. The standard InChI is InChI=1S/C22H33NO3/c1-22(2,3)18-8-6-17(7-9-18)20(25)5-4-10-23-11-12-26-21-14-16(15-24)13-19(21)23/h6-9,16,19,21,24H,4-5,10-15H2,1-3H3/t16-,19+,21+/m1/s1. The van der Waals surface area contributed by atoms with Gasteiger partial charge in [0.1, 0.15) is 0 Å². The summed E-state index contributed by atoms with van der Waals surface area (Å²) in [6.07, 6.45) is 3.72. The normalized spacial score (nSPS) is 26.7. The molecule has 2 fully saturated rings. The summed E-state index contributed by atoms with van der Waals surface area (Å²) in [5.41, 5.74) is 2.19. The molecule has 0 aromatic heterocycles. The molecule has 3 rings (SSSR count). The van der Waals surface area contributed by atoms with E-state index in [1.54, 1.807) is 0 Å². The fourth-order valence-electron chi connectivity index (χ4n) is 4.30. The third kappa shape index (κ3) is 4.54. The summed E-state index contributed by atoms with van der Waals surface area (Å²) in [6.45, 7) is 9.45. The van der Waals surface area contributed by atoms with Crippen LogP contribution in [0, 0.1) is 5.92 Å². The van der Waals surface area contributed by atoms with Crippen molar-refractivity contribution in [3.63, 3.8) is 0 Å². The molecule has 4 nitrogen and oxygen atoms in total. The highest BCUT2D eigenvalue weighted by molar-refractivity contribution is 5.96. The first kappa shape index (κ1) is 19.5.